The van der Waals surface area contributed by atoms with Gasteiger partial charge in [0, 0.05) is 43.9 Å². The van der Waals surface area contributed by atoms with Gasteiger partial charge in [0.1, 0.15) is 0 Å². The van der Waals surface area contributed by atoms with Crippen LogP contribution in [0.1, 0.15) is 25.0 Å². The Morgan fingerprint density at radius 1 is 0.305 bits per heavy atom. The van der Waals surface area contributed by atoms with Crippen LogP contribution in [0.3, 0.4) is 0 Å². The molecule has 11 aromatic rings. The summed E-state index contributed by atoms with van der Waals surface area (Å²) in [6, 6.07) is 76.3. The highest BCUT2D eigenvalue weighted by atomic mass is 15.0. The molecule has 0 fully saturated rings. The summed E-state index contributed by atoms with van der Waals surface area (Å²) in [5.41, 5.74) is 19.7. The molecule has 0 atom stereocenters. The highest BCUT2D eigenvalue weighted by Crippen LogP contribution is 2.50. The number of hydrogen-bond acceptors (Lipinski definition) is 0. The number of nitrogens with zero attached hydrogens (tertiary/aromatic N) is 2. The second-order valence-electron chi connectivity index (χ2n) is 16.5. The van der Waals surface area contributed by atoms with Gasteiger partial charge in [0.15, 0.2) is 0 Å². The molecule has 0 bridgehead atoms. The molecule has 0 amide bonds. The molecule has 1 aliphatic carbocycles. The summed E-state index contributed by atoms with van der Waals surface area (Å²) in [6.45, 7) is 4.74. The van der Waals surface area contributed by atoms with Gasteiger partial charge in [0.2, 0.25) is 0 Å². The van der Waals surface area contributed by atoms with Gasteiger partial charge >= 0.3 is 0 Å². The minimum Gasteiger partial charge on any atom is -0.309 e. The standard InChI is InChI=1S/C57H40N2/c1-57(2)51-25-12-9-20-45(51)46-30-28-39(36-52(46)57)41-32-40(38-29-31-55-50(35-38)48-22-11-13-26-53(48)58(55)42-18-7-4-8-19-42)33-43(34-41)59-54-27-14-10-21-47(54)49-24-15-23-44(56(49)59)37-16-5-3-6-17-37/h3-36H,1-2H3. The molecule has 278 valence electrons. The van der Waals surface area contributed by atoms with Gasteiger partial charge in [-0.05, 0) is 111 Å². The van der Waals surface area contributed by atoms with E-state index in [0.29, 0.717) is 0 Å². The number of aromatic nitrogens is 2. The van der Waals surface area contributed by atoms with E-state index < -0.39 is 0 Å². The molecule has 1 aliphatic rings. The van der Waals surface area contributed by atoms with E-state index in [-0.39, 0.29) is 5.41 Å². The van der Waals surface area contributed by atoms with Gasteiger partial charge in [-0.25, -0.2) is 0 Å². The van der Waals surface area contributed by atoms with Crippen molar-refractivity contribution in [1.29, 1.82) is 0 Å². The zero-order valence-electron chi connectivity index (χ0n) is 33.0. The van der Waals surface area contributed by atoms with Crippen molar-refractivity contribution in [3.8, 4) is 55.9 Å². The van der Waals surface area contributed by atoms with E-state index in [9.17, 15) is 0 Å². The summed E-state index contributed by atoms with van der Waals surface area (Å²) in [4.78, 5) is 0. The number of rotatable bonds is 5. The molecule has 0 aliphatic heterocycles. The number of para-hydroxylation sites is 4. The largest absolute Gasteiger partial charge is 0.309 e. The third kappa shape index (κ3) is 5.06. The molecule has 59 heavy (non-hydrogen) atoms. The molecule has 2 heteroatoms. The molecule has 0 spiro atoms. The van der Waals surface area contributed by atoms with Crippen molar-refractivity contribution >= 4 is 43.6 Å². The van der Waals surface area contributed by atoms with Crippen molar-refractivity contribution in [3.63, 3.8) is 0 Å². The Morgan fingerprint density at radius 2 is 0.864 bits per heavy atom. The van der Waals surface area contributed by atoms with Crippen molar-refractivity contribution in [2.75, 3.05) is 0 Å². The van der Waals surface area contributed by atoms with Crippen LogP contribution in [0.2, 0.25) is 0 Å². The van der Waals surface area contributed by atoms with Gasteiger partial charge in [-0.15, -0.1) is 0 Å². The lowest BCUT2D eigenvalue weighted by Crippen LogP contribution is -2.14. The topological polar surface area (TPSA) is 9.86 Å². The Kier molecular flexibility index (Phi) is 7.31. The molecule has 12 rings (SSSR count). The third-order valence-electron chi connectivity index (χ3n) is 12.9. The SMILES string of the molecule is CC1(C)c2ccccc2-c2ccc(-c3cc(-c4ccc5c(c4)c4ccccc4n5-c4ccccc4)cc(-n4c5ccccc5c5cccc(-c6ccccc6)c54)c3)cc21. The number of hydrogen-bond donors (Lipinski definition) is 0. The normalized spacial score (nSPS) is 13.1. The zero-order valence-corrected chi connectivity index (χ0v) is 33.0. The Balaban J connectivity index is 1.14. The van der Waals surface area contributed by atoms with Crippen LogP contribution in [0.25, 0.3) is 99.5 Å². The molecule has 2 heterocycles. The maximum atomic E-state index is 2.51. The van der Waals surface area contributed by atoms with Crippen molar-refractivity contribution in [2.45, 2.75) is 19.3 Å². The lowest BCUT2D eigenvalue weighted by Gasteiger charge is -2.22. The maximum Gasteiger partial charge on any atom is 0.0619 e. The lowest BCUT2D eigenvalue weighted by atomic mass is 9.81. The van der Waals surface area contributed by atoms with Crippen LogP contribution in [-0.4, -0.2) is 9.13 Å². The molecule has 2 aromatic heterocycles. The first-order valence-electron chi connectivity index (χ1n) is 20.6. The molecule has 0 saturated heterocycles. The van der Waals surface area contributed by atoms with Gasteiger partial charge in [0.05, 0.1) is 22.1 Å². The summed E-state index contributed by atoms with van der Waals surface area (Å²) >= 11 is 0. The summed E-state index contributed by atoms with van der Waals surface area (Å²) < 4.78 is 4.90. The monoisotopic (exact) mass is 752 g/mol. The predicted octanol–water partition coefficient (Wildman–Crippen LogP) is 15.2. The molecule has 0 N–H and O–H groups in total. The number of benzene rings is 9. The first-order valence-corrected chi connectivity index (χ1v) is 20.6. The van der Waals surface area contributed by atoms with Gasteiger partial charge in [-0.2, -0.15) is 0 Å². The van der Waals surface area contributed by atoms with Crippen LogP contribution in [0.5, 0.6) is 0 Å². The molecular formula is C57H40N2. The quantitative estimate of drug-likeness (QED) is 0.166. The van der Waals surface area contributed by atoms with Crippen molar-refractivity contribution in [1.82, 2.24) is 9.13 Å². The Labute approximate surface area is 343 Å². The van der Waals surface area contributed by atoms with Crippen molar-refractivity contribution in [3.05, 3.63) is 217 Å². The fourth-order valence-electron chi connectivity index (χ4n) is 10.1. The Hall–Kier alpha value is -7.42. The minimum absolute atomic E-state index is 0.0994. The molecule has 9 aromatic carbocycles. The van der Waals surface area contributed by atoms with E-state index >= 15 is 0 Å². The average Bonchev–Trinajstić information content (AvgIpc) is 3.89. The van der Waals surface area contributed by atoms with Gasteiger partial charge in [0.25, 0.3) is 0 Å². The highest BCUT2D eigenvalue weighted by Gasteiger charge is 2.35. The second-order valence-corrected chi connectivity index (χ2v) is 16.5. The summed E-state index contributed by atoms with van der Waals surface area (Å²) in [5, 5.41) is 4.99. The predicted molar refractivity (Wildman–Crippen MR) is 249 cm³/mol. The summed E-state index contributed by atoms with van der Waals surface area (Å²) in [6.07, 6.45) is 0. The second kappa shape index (κ2) is 12.8. The Morgan fingerprint density at radius 3 is 1.64 bits per heavy atom. The molecular weight excluding hydrogens is 713 g/mol. The molecule has 0 unspecified atom stereocenters. The van der Waals surface area contributed by atoms with Crippen LogP contribution < -0.4 is 0 Å². The van der Waals surface area contributed by atoms with Crippen LogP contribution in [-0.2, 0) is 5.41 Å². The average molecular weight is 753 g/mol. The first-order chi connectivity index (χ1) is 29.0. The van der Waals surface area contributed by atoms with E-state index in [4.69, 9.17) is 0 Å². The van der Waals surface area contributed by atoms with E-state index in [0.717, 1.165) is 11.4 Å². The zero-order chi connectivity index (χ0) is 39.2. The van der Waals surface area contributed by atoms with Crippen molar-refractivity contribution < 1.29 is 0 Å². The van der Waals surface area contributed by atoms with Crippen LogP contribution in [0.15, 0.2) is 206 Å². The Bertz CT molecular complexity index is 3450. The molecule has 0 saturated carbocycles. The van der Waals surface area contributed by atoms with Crippen LogP contribution in [0, 0.1) is 0 Å². The minimum atomic E-state index is -0.0994. The van der Waals surface area contributed by atoms with Crippen LogP contribution >= 0.6 is 0 Å². The fourth-order valence-corrected chi connectivity index (χ4v) is 10.1. The first kappa shape index (κ1) is 33.7. The summed E-state index contributed by atoms with van der Waals surface area (Å²) in [5.74, 6) is 0. The fraction of sp³-hybridized carbons (Fsp3) is 0.0526. The third-order valence-corrected chi connectivity index (χ3v) is 12.9. The maximum absolute atomic E-state index is 2.51. The van der Waals surface area contributed by atoms with Gasteiger partial charge in [-0.3, -0.25) is 0 Å². The van der Waals surface area contributed by atoms with E-state index in [2.05, 4.69) is 229 Å². The highest BCUT2D eigenvalue weighted by molar-refractivity contribution is 6.14. The lowest BCUT2D eigenvalue weighted by molar-refractivity contribution is 0.660. The van der Waals surface area contributed by atoms with Gasteiger partial charge in [-0.1, -0.05) is 159 Å². The van der Waals surface area contributed by atoms with E-state index in [1.54, 1.807) is 0 Å². The van der Waals surface area contributed by atoms with E-state index in [1.807, 2.05) is 0 Å². The van der Waals surface area contributed by atoms with Gasteiger partial charge < -0.3 is 9.13 Å². The van der Waals surface area contributed by atoms with E-state index in [1.165, 1.54) is 99.2 Å². The van der Waals surface area contributed by atoms with Crippen LogP contribution in [0.4, 0.5) is 0 Å². The number of fused-ring (bicyclic) bond motifs is 9. The van der Waals surface area contributed by atoms with Crippen molar-refractivity contribution in [2.24, 2.45) is 0 Å². The summed E-state index contributed by atoms with van der Waals surface area (Å²) in [7, 11) is 0. The molecule has 0 radical (unpaired) electrons. The molecule has 2 nitrogen and oxygen atoms in total. The smallest absolute Gasteiger partial charge is 0.0619 e.